The minimum Gasteiger partial charge on any atom is -0.394 e. The van der Waals surface area contributed by atoms with Crippen molar-refractivity contribution in [3.05, 3.63) is 12.3 Å². The lowest BCUT2D eigenvalue weighted by Gasteiger charge is -2.16. The molecule has 0 aliphatic rings. The van der Waals surface area contributed by atoms with Crippen molar-refractivity contribution in [3.8, 4) is 0 Å². The van der Waals surface area contributed by atoms with Gasteiger partial charge in [-0.1, -0.05) is 6.92 Å². The van der Waals surface area contributed by atoms with Gasteiger partial charge >= 0.3 is 0 Å². The van der Waals surface area contributed by atoms with Crippen molar-refractivity contribution in [1.29, 1.82) is 0 Å². The first-order chi connectivity index (χ1) is 7.17. The number of aliphatic hydroxyl groups is 1. The third-order valence-electron chi connectivity index (χ3n) is 2.11. The number of aliphatic hydroxyl groups excluding tert-OH is 1. The van der Waals surface area contributed by atoms with Gasteiger partial charge in [-0.25, -0.2) is 4.98 Å². The molecule has 1 atom stereocenters. The van der Waals surface area contributed by atoms with E-state index in [2.05, 4.69) is 15.3 Å². The van der Waals surface area contributed by atoms with Gasteiger partial charge < -0.3 is 15.3 Å². The molecule has 0 fully saturated rings. The van der Waals surface area contributed by atoms with Crippen molar-refractivity contribution in [2.45, 2.75) is 19.4 Å². The van der Waals surface area contributed by atoms with Gasteiger partial charge in [0.2, 0.25) is 5.95 Å². The van der Waals surface area contributed by atoms with Crippen LogP contribution in [-0.2, 0) is 0 Å². The number of anilines is 2. The molecule has 0 saturated heterocycles. The summed E-state index contributed by atoms with van der Waals surface area (Å²) >= 11 is 0. The van der Waals surface area contributed by atoms with E-state index < -0.39 is 0 Å². The van der Waals surface area contributed by atoms with Gasteiger partial charge in [0.25, 0.3) is 0 Å². The number of rotatable bonds is 5. The summed E-state index contributed by atoms with van der Waals surface area (Å²) in [5.41, 5.74) is 0. The molecule has 5 nitrogen and oxygen atoms in total. The van der Waals surface area contributed by atoms with E-state index in [1.54, 1.807) is 12.3 Å². The van der Waals surface area contributed by atoms with Crippen LogP contribution < -0.4 is 10.2 Å². The van der Waals surface area contributed by atoms with Crippen LogP contribution in [0, 0.1) is 0 Å². The summed E-state index contributed by atoms with van der Waals surface area (Å²) in [6, 6.07) is 1.85. The monoisotopic (exact) mass is 210 g/mol. The number of hydrogen-bond donors (Lipinski definition) is 2. The smallest absolute Gasteiger partial charge is 0.226 e. The maximum Gasteiger partial charge on any atom is 0.226 e. The fourth-order valence-electron chi connectivity index (χ4n) is 1.13. The fourth-order valence-corrected chi connectivity index (χ4v) is 1.13. The molecular weight excluding hydrogens is 192 g/mol. The predicted octanol–water partition coefficient (Wildman–Crippen LogP) is 0.725. The van der Waals surface area contributed by atoms with Gasteiger partial charge in [0, 0.05) is 20.3 Å². The lowest BCUT2D eigenvalue weighted by atomic mass is 10.2. The molecule has 0 aliphatic carbocycles. The Morgan fingerprint density at radius 3 is 2.80 bits per heavy atom. The molecule has 1 aromatic heterocycles. The average Bonchev–Trinajstić information content (AvgIpc) is 2.26. The Kier molecular flexibility index (Phi) is 4.30. The van der Waals surface area contributed by atoms with Crippen LogP contribution in [0.5, 0.6) is 0 Å². The normalized spacial score (nSPS) is 12.3. The molecule has 1 unspecified atom stereocenters. The average molecular weight is 210 g/mol. The predicted molar refractivity (Wildman–Crippen MR) is 61.1 cm³/mol. The summed E-state index contributed by atoms with van der Waals surface area (Å²) in [6.07, 6.45) is 2.56. The second kappa shape index (κ2) is 5.50. The largest absolute Gasteiger partial charge is 0.394 e. The molecule has 0 amide bonds. The van der Waals surface area contributed by atoms with Crippen LogP contribution in [0.4, 0.5) is 11.8 Å². The van der Waals surface area contributed by atoms with Crippen molar-refractivity contribution in [2.75, 3.05) is 30.9 Å². The molecule has 0 saturated carbocycles. The first-order valence-electron chi connectivity index (χ1n) is 5.05. The topological polar surface area (TPSA) is 61.3 Å². The van der Waals surface area contributed by atoms with Crippen LogP contribution in [0.15, 0.2) is 12.3 Å². The first-order valence-corrected chi connectivity index (χ1v) is 5.05. The highest BCUT2D eigenvalue weighted by atomic mass is 16.3. The third kappa shape index (κ3) is 3.36. The molecule has 15 heavy (non-hydrogen) atoms. The zero-order valence-corrected chi connectivity index (χ0v) is 9.44. The highest BCUT2D eigenvalue weighted by molar-refractivity contribution is 5.40. The van der Waals surface area contributed by atoms with Crippen molar-refractivity contribution < 1.29 is 5.11 Å². The SMILES string of the molecule is CCC(CO)Nc1ccnc(N(C)C)n1. The maximum atomic E-state index is 9.05. The fraction of sp³-hybridized carbons (Fsp3) is 0.600. The highest BCUT2D eigenvalue weighted by Crippen LogP contribution is 2.09. The summed E-state index contributed by atoms with van der Waals surface area (Å²) in [4.78, 5) is 10.2. The second-order valence-corrected chi connectivity index (χ2v) is 3.57. The van der Waals surface area contributed by atoms with E-state index in [0.29, 0.717) is 5.95 Å². The van der Waals surface area contributed by atoms with Crippen molar-refractivity contribution in [3.63, 3.8) is 0 Å². The van der Waals surface area contributed by atoms with Gasteiger partial charge in [0.15, 0.2) is 0 Å². The molecular formula is C10H18N4O. The third-order valence-corrected chi connectivity index (χ3v) is 2.11. The van der Waals surface area contributed by atoms with Crippen molar-refractivity contribution in [2.24, 2.45) is 0 Å². The molecule has 0 radical (unpaired) electrons. The summed E-state index contributed by atoms with van der Waals surface area (Å²) in [6.45, 7) is 2.12. The molecule has 1 rings (SSSR count). The van der Waals surface area contributed by atoms with E-state index in [0.717, 1.165) is 12.2 Å². The molecule has 0 aliphatic heterocycles. The molecule has 0 spiro atoms. The summed E-state index contributed by atoms with van der Waals surface area (Å²) in [5.74, 6) is 1.40. The molecule has 2 N–H and O–H groups in total. The van der Waals surface area contributed by atoms with E-state index in [9.17, 15) is 0 Å². The van der Waals surface area contributed by atoms with Gasteiger partial charge in [0.05, 0.1) is 12.6 Å². The highest BCUT2D eigenvalue weighted by Gasteiger charge is 2.06. The zero-order chi connectivity index (χ0) is 11.3. The van der Waals surface area contributed by atoms with Gasteiger partial charge in [-0.3, -0.25) is 0 Å². The molecule has 84 valence electrons. The Morgan fingerprint density at radius 1 is 1.53 bits per heavy atom. The Bertz CT molecular complexity index is 299. The van der Waals surface area contributed by atoms with Gasteiger partial charge in [-0.15, -0.1) is 0 Å². The number of nitrogens with zero attached hydrogens (tertiary/aromatic N) is 3. The number of hydrogen-bond acceptors (Lipinski definition) is 5. The first kappa shape index (κ1) is 11.7. The van der Waals surface area contributed by atoms with Crippen LogP contribution in [0.3, 0.4) is 0 Å². The van der Waals surface area contributed by atoms with Crippen molar-refractivity contribution >= 4 is 11.8 Å². The van der Waals surface area contributed by atoms with E-state index in [1.165, 1.54) is 0 Å². The van der Waals surface area contributed by atoms with E-state index in [-0.39, 0.29) is 12.6 Å². The van der Waals surface area contributed by atoms with Crippen LogP contribution in [0.25, 0.3) is 0 Å². The lowest BCUT2D eigenvalue weighted by molar-refractivity contribution is 0.271. The quantitative estimate of drug-likeness (QED) is 0.750. The molecule has 1 aromatic rings. The van der Waals surface area contributed by atoms with E-state index in [4.69, 9.17) is 5.11 Å². The Hall–Kier alpha value is -1.36. The molecule has 1 heterocycles. The Morgan fingerprint density at radius 2 is 2.27 bits per heavy atom. The zero-order valence-electron chi connectivity index (χ0n) is 9.44. The standard InChI is InChI=1S/C10H18N4O/c1-4-8(7-15)12-9-5-6-11-10(13-9)14(2)3/h5-6,8,15H,4,7H2,1-3H3,(H,11,12,13). The second-order valence-electron chi connectivity index (χ2n) is 3.57. The Labute approximate surface area is 90.2 Å². The van der Waals surface area contributed by atoms with E-state index >= 15 is 0 Å². The molecule has 0 bridgehead atoms. The molecule has 0 aromatic carbocycles. The summed E-state index contributed by atoms with van der Waals surface area (Å²) in [5, 5.41) is 12.2. The van der Waals surface area contributed by atoms with Crippen molar-refractivity contribution in [1.82, 2.24) is 9.97 Å². The minimum atomic E-state index is 0.0508. The molecule has 5 heteroatoms. The number of aromatic nitrogens is 2. The van der Waals surface area contributed by atoms with Gasteiger partial charge in [-0.05, 0) is 12.5 Å². The van der Waals surface area contributed by atoms with E-state index in [1.807, 2.05) is 25.9 Å². The summed E-state index contributed by atoms with van der Waals surface area (Å²) < 4.78 is 0. The van der Waals surface area contributed by atoms with Crippen LogP contribution in [0.2, 0.25) is 0 Å². The Balaban J connectivity index is 2.72. The van der Waals surface area contributed by atoms with Crippen LogP contribution >= 0.6 is 0 Å². The lowest BCUT2D eigenvalue weighted by Crippen LogP contribution is -2.24. The maximum absolute atomic E-state index is 9.05. The van der Waals surface area contributed by atoms with Crippen LogP contribution in [-0.4, -0.2) is 41.8 Å². The van der Waals surface area contributed by atoms with Gasteiger partial charge in [-0.2, -0.15) is 4.98 Å². The number of nitrogens with one attached hydrogen (secondary N) is 1. The van der Waals surface area contributed by atoms with Gasteiger partial charge in [0.1, 0.15) is 5.82 Å². The summed E-state index contributed by atoms with van der Waals surface area (Å²) in [7, 11) is 3.78. The van der Waals surface area contributed by atoms with Crippen LogP contribution in [0.1, 0.15) is 13.3 Å². The minimum absolute atomic E-state index is 0.0508.